The molecule has 0 aromatic heterocycles. The smallest absolute Gasteiger partial charge is 0.550 e. The number of aryl methyl sites for hydroxylation is 1. The van der Waals surface area contributed by atoms with E-state index < -0.39 is 18.8 Å². The van der Waals surface area contributed by atoms with Gasteiger partial charge in [-0.2, -0.15) is 0 Å². The average Bonchev–Trinajstić information content (AvgIpc) is 2.16. The van der Waals surface area contributed by atoms with Crippen LogP contribution in [0, 0.1) is 0 Å². The molecular weight excluding hydrogens is 215 g/mol. The Morgan fingerprint density at radius 3 is 2.46 bits per heavy atom. The van der Waals surface area contributed by atoms with E-state index >= 15 is 0 Å². The number of carbonyl (C=O) groups is 1. The molecule has 0 aliphatic carbocycles. The number of halogens is 1. The molecule has 1 aromatic rings. The molecule has 2 nitrogen and oxygen atoms in total. The van der Waals surface area contributed by atoms with E-state index in [4.69, 9.17) is 14.3 Å². The van der Waals surface area contributed by atoms with Crippen molar-refractivity contribution in [2.45, 2.75) is 12.8 Å². The van der Waals surface area contributed by atoms with Gasteiger partial charge < -0.3 is 9.90 Å². The summed E-state index contributed by atoms with van der Waals surface area (Å²) in [6.45, 7) is 0. The molecule has 0 heterocycles. The molecule has 0 saturated carbocycles. The van der Waals surface area contributed by atoms with Crippen LogP contribution in [0.1, 0.15) is 14.7 Å². The van der Waals surface area contributed by atoms with Crippen molar-refractivity contribution in [3.63, 3.8) is 0 Å². The van der Waals surface area contributed by atoms with Gasteiger partial charge in [0.25, 0.3) is 0 Å². The fraction of sp³-hybridized carbons (Fsp3) is 0.222. The Kier molecular flexibility index (Phi) is 5.45. The zero-order chi connectivity index (χ0) is 10.7. The summed E-state index contributed by atoms with van der Waals surface area (Å²) in [4.78, 5) is 10.3. The molecule has 1 aromatic carbocycles. The van der Waals surface area contributed by atoms with E-state index in [2.05, 4.69) is 0 Å². The molecule has 13 heavy (non-hydrogen) atoms. The Morgan fingerprint density at radius 2 is 2.00 bits per heavy atom. The number of rotatable bonds is 3. The number of carboxylic acids is 1. The van der Waals surface area contributed by atoms with Crippen molar-refractivity contribution in [1.29, 1.82) is 0 Å². The fourth-order valence-corrected chi connectivity index (χ4v) is 0.864. The molecule has 0 spiro atoms. The second-order valence-electron chi connectivity index (χ2n) is 2.20. The monoisotopic (exact) mass is 224 g/mol. The normalized spacial score (nSPS) is 16.1. The van der Waals surface area contributed by atoms with E-state index in [0.29, 0.717) is 10.6 Å². The Hall–Kier alpha value is 0.616. The van der Waals surface area contributed by atoms with Gasteiger partial charge >= 0.3 is 51.4 Å². The first-order valence-electron chi connectivity index (χ1n) is 4.48. The maximum absolute atomic E-state index is 10.3. The van der Waals surface area contributed by atoms with Crippen LogP contribution in [0.4, 0.5) is 0 Å². The van der Waals surface area contributed by atoms with E-state index in [-0.39, 0.29) is 51.4 Å². The van der Waals surface area contributed by atoms with Crippen molar-refractivity contribution >= 4 is 17.6 Å². The van der Waals surface area contributed by atoms with Gasteiger partial charge in [-0.05, 0) is 30.5 Å². The topological polar surface area (TPSA) is 40.1 Å². The molecule has 0 radical (unpaired) electrons. The Balaban J connectivity index is 0.00000196. The second-order valence-corrected chi connectivity index (χ2v) is 2.64. The van der Waals surface area contributed by atoms with Crippen LogP contribution >= 0.6 is 11.6 Å². The summed E-state index contributed by atoms with van der Waals surface area (Å²) in [5.74, 6) is -1.54. The molecule has 2 atom stereocenters. The van der Waals surface area contributed by atoms with Crippen molar-refractivity contribution in [2.24, 2.45) is 0 Å². The number of hydrogen-bond acceptors (Lipinski definition) is 2. The first-order valence-corrected chi connectivity index (χ1v) is 3.71. The van der Waals surface area contributed by atoms with E-state index in [9.17, 15) is 9.90 Å². The summed E-state index contributed by atoms with van der Waals surface area (Å²) >= 11 is 5.62. The maximum Gasteiger partial charge on any atom is 1.00 e. The Morgan fingerprint density at radius 1 is 1.46 bits per heavy atom. The number of carbonyl (C=O) groups excluding carboxylic acids is 1. The van der Waals surface area contributed by atoms with Crippen LogP contribution in [-0.4, -0.2) is 5.97 Å². The number of hydrogen-bond donors (Lipinski definition) is 0. The first kappa shape index (κ1) is 10.1. The average molecular weight is 225 g/mol. The van der Waals surface area contributed by atoms with Gasteiger partial charge in [0.2, 0.25) is 0 Å². The van der Waals surface area contributed by atoms with Gasteiger partial charge in [0, 0.05) is 13.7 Å². The minimum absolute atomic E-state index is 0. The van der Waals surface area contributed by atoms with Crippen LogP contribution in [-0.2, 0) is 11.2 Å². The van der Waals surface area contributed by atoms with E-state index in [1.54, 1.807) is 12.1 Å². The molecule has 0 bridgehead atoms. The third kappa shape index (κ3) is 5.83. The van der Waals surface area contributed by atoms with Crippen LogP contribution in [0.3, 0.4) is 0 Å². The Labute approximate surface area is 128 Å². The molecule has 2 unspecified atom stereocenters. The quantitative estimate of drug-likeness (QED) is 0.559. The molecule has 4 heteroatoms. The molecule has 64 valence electrons. The van der Waals surface area contributed by atoms with E-state index in [1.807, 2.05) is 0 Å². The molecule has 0 N–H and O–H groups in total. The molecule has 1 rings (SSSR count). The molecule has 0 saturated heterocycles. The summed E-state index contributed by atoms with van der Waals surface area (Å²) in [6.07, 6.45) is -2.71. The SMILES string of the molecule is [2H]C(C(=O)[O-])C([2H])c1ccc(Cl)cc1.[K+]. The van der Waals surface area contributed by atoms with Crippen molar-refractivity contribution in [2.75, 3.05) is 0 Å². The summed E-state index contributed by atoms with van der Waals surface area (Å²) in [5, 5.41) is 10.8. The standard InChI is InChI=1S/C9H9ClO2.K/c10-8-4-1-7(2-5-8)3-6-9(11)12;/h1-2,4-5H,3,6H2,(H,11,12);/q;+1/p-1/i3D,6D;. The van der Waals surface area contributed by atoms with Crippen molar-refractivity contribution in [1.82, 2.24) is 0 Å². The Bertz CT molecular complexity index is 331. The largest absolute Gasteiger partial charge is 1.00 e. The number of benzene rings is 1. The van der Waals surface area contributed by atoms with Crippen molar-refractivity contribution in [3.05, 3.63) is 34.9 Å². The maximum atomic E-state index is 10.3. The third-order valence-corrected chi connectivity index (χ3v) is 1.53. The van der Waals surface area contributed by atoms with Gasteiger partial charge in [-0.3, -0.25) is 0 Å². The van der Waals surface area contributed by atoms with Gasteiger partial charge in [0.05, 0.1) is 0 Å². The molecular formula is C9H8ClKO2. The summed E-state index contributed by atoms with van der Waals surface area (Å²) in [5.41, 5.74) is 0.443. The predicted octanol–water partition coefficient (Wildman–Crippen LogP) is -1.97. The minimum Gasteiger partial charge on any atom is -0.550 e. The minimum atomic E-state index is -1.57. The zero-order valence-electron chi connectivity index (χ0n) is 9.16. The predicted molar refractivity (Wildman–Crippen MR) is 44.8 cm³/mol. The van der Waals surface area contributed by atoms with Gasteiger partial charge in [-0.1, -0.05) is 23.7 Å². The second kappa shape index (κ2) is 6.98. The first-order chi connectivity index (χ1) is 6.52. The molecule has 0 fully saturated rings. The fourth-order valence-electron chi connectivity index (χ4n) is 0.738. The van der Waals surface area contributed by atoms with E-state index in [1.165, 1.54) is 12.1 Å². The van der Waals surface area contributed by atoms with Crippen LogP contribution in [0.2, 0.25) is 5.02 Å². The molecule has 0 aliphatic rings. The molecule has 0 aliphatic heterocycles. The van der Waals surface area contributed by atoms with Gasteiger partial charge in [-0.25, -0.2) is 0 Å². The van der Waals surface area contributed by atoms with Crippen molar-refractivity contribution < 1.29 is 64.0 Å². The summed E-state index contributed by atoms with van der Waals surface area (Å²) in [6, 6.07) is 6.18. The number of aliphatic carboxylic acids is 1. The summed E-state index contributed by atoms with van der Waals surface area (Å²) < 4.78 is 14.6. The van der Waals surface area contributed by atoms with Crippen LogP contribution in [0.5, 0.6) is 0 Å². The molecule has 0 amide bonds. The summed E-state index contributed by atoms with van der Waals surface area (Å²) in [7, 11) is 0. The van der Waals surface area contributed by atoms with Gasteiger partial charge in [0.15, 0.2) is 0 Å². The zero-order valence-corrected chi connectivity index (χ0v) is 11.0. The number of carboxylic acid groups (broad SMARTS) is 1. The van der Waals surface area contributed by atoms with Crippen LogP contribution in [0.15, 0.2) is 24.3 Å². The van der Waals surface area contributed by atoms with Crippen LogP contribution < -0.4 is 56.5 Å². The van der Waals surface area contributed by atoms with E-state index in [0.717, 1.165) is 0 Å². The van der Waals surface area contributed by atoms with Gasteiger partial charge in [-0.15, -0.1) is 0 Å². The van der Waals surface area contributed by atoms with Crippen LogP contribution in [0.25, 0.3) is 0 Å². The van der Waals surface area contributed by atoms with Crippen molar-refractivity contribution in [3.8, 4) is 0 Å². The third-order valence-electron chi connectivity index (χ3n) is 1.28. The van der Waals surface area contributed by atoms with Gasteiger partial charge in [0.1, 0.15) is 0 Å².